The third-order valence-corrected chi connectivity index (χ3v) is 6.16. The van der Waals surface area contributed by atoms with Crippen molar-refractivity contribution < 1.29 is 4.79 Å². The van der Waals surface area contributed by atoms with Gasteiger partial charge in [0.15, 0.2) is 5.16 Å². The minimum absolute atomic E-state index is 0.0943. The Morgan fingerprint density at radius 2 is 1.89 bits per heavy atom. The average molecular weight is 407 g/mol. The molecule has 7 heteroatoms. The van der Waals surface area contributed by atoms with E-state index >= 15 is 0 Å². The molecule has 1 aromatic carbocycles. The molecule has 0 aliphatic heterocycles. The Hall–Kier alpha value is -1.53. The zero-order valence-electron chi connectivity index (χ0n) is 15.8. The van der Waals surface area contributed by atoms with Crippen LogP contribution in [0.15, 0.2) is 29.4 Å². The molecule has 0 atom stereocenters. The van der Waals surface area contributed by atoms with E-state index < -0.39 is 0 Å². The van der Waals surface area contributed by atoms with Gasteiger partial charge in [-0.2, -0.15) is 0 Å². The van der Waals surface area contributed by atoms with Crippen LogP contribution in [0, 0.1) is 0 Å². The van der Waals surface area contributed by atoms with Gasteiger partial charge in [0.25, 0.3) is 0 Å². The molecule has 1 aromatic heterocycles. The Labute approximate surface area is 170 Å². The van der Waals surface area contributed by atoms with Gasteiger partial charge in [0, 0.05) is 24.0 Å². The standard InChI is InChI=1S/C20H27ClN4OS/c1-2-25-18(13-15-9-11-16(21)12-10-15)23-24-20(25)27-14-19(26)22-17-7-5-3-4-6-8-17/h9-12,17H,2-8,13-14H2,1H3,(H,22,26). The lowest BCUT2D eigenvalue weighted by atomic mass is 10.1. The summed E-state index contributed by atoms with van der Waals surface area (Å²) in [5.41, 5.74) is 1.14. The van der Waals surface area contributed by atoms with Crippen molar-refractivity contribution in [2.75, 3.05) is 5.75 Å². The highest BCUT2D eigenvalue weighted by molar-refractivity contribution is 7.99. The number of carbonyl (C=O) groups is 1. The van der Waals surface area contributed by atoms with Crippen LogP contribution in [0.1, 0.15) is 56.8 Å². The first kappa shape index (κ1) is 20.2. The Morgan fingerprint density at radius 1 is 1.19 bits per heavy atom. The van der Waals surface area contributed by atoms with Crippen LogP contribution in [-0.2, 0) is 17.8 Å². The molecule has 0 saturated heterocycles. The minimum Gasteiger partial charge on any atom is -0.353 e. The van der Waals surface area contributed by atoms with Gasteiger partial charge >= 0.3 is 0 Å². The van der Waals surface area contributed by atoms with Gasteiger partial charge in [-0.1, -0.05) is 61.2 Å². The third kappa shape index (κ3) is 5.98. The second-order valence-electron chi connectivity index (χ2n) is 6.99. The van der Waals surface area contributed by atoms with E-state index in [2.05, 4.69) is 27.0 Å². The van der Waals surface area contributed by atoms with E-state index in [0.717, 1.165) is 41.0 Å². The third-order valence-electron chi connectivity index (χ3n) is 4.94. The van der Waals surface area contributed by atoms with Crippen molar-refractivity contribution in [1.29, 1.82) is 0 Å². The molecule has 1 amide bonds. The van der Waals surface area contributed by atoms with E-state index in [4.69, 9.17) is 11.6 Å². The minimum atomic E-state index is 0.0943. The van der Waals surface area contributed by atoms with Crippen LogP contribution in [0.2, 0.25) is 5.02 Å². The molecule has 1 aliphatic rings. The summed E-state index contributed by atoms with van der Waals surface area (Å²) in [5.74, 6) is 1.39. The van der Waals surface area contributed by atoms with Gasteiger partial charge in [0.2, 0.25) is 5.91 Å². The summed E-state index contributed by atoms with van der Waals surface area (Å²) in [4.78, 5) is 12.3. The zero-order chi connectivity index (χ0) is 19.1. The molecule has 1 heterocycles. The highest BCUT2D eigenvalue weighted by Crippen LogP contribution is 2.21. The summed E-state index contributed by atoms with van der Waals surface area (Å²) in [6.07, 6.45) is 7.92. The summed E-state index contributed by atoms with van der Waals surface area (Å²) in [5, 5.41) is 13.4. The summed E-state index contributed by atoms with van der Waals surface area (Å²) in [7, 11) is 0. The predicted octanol–water partition coefficient (Wildman–Crippen LogP) is 4.47. The van der Waals surface area contributed by atoms with E-state index in [1.54, 1.807) is 0 Å². The number of rotatable bonds is 7. The molecule has 1 N–H and O–H groups in total. The molecule has 1 fully saturated rings. The van der Waals surface area contributed by atoms with Crippen molar-refractivity contribution in [3.8, 4) is 0 Å². The summed E-state index contributed by atoms with van der Waals surface area (Å²) < 4.78 is 2.08. The van der Waals surface area contributed by atoms with Crippen LogP contribution in [0.5, 0.6) is 0 Å². The fourth-order valence-corrected chi connectivity index (χ4v) is 4.44. The monoisotopic (exact) mass is 406 g/mol. The number of benzene rings is 1. The van der Waals surface area contributed by atoms with Crippen molar-refractivity contribution >= 4 is 29.3 Å². The molecule has 0 radical (unpaired) electrons. The Morgan fingerprint density at radius 3 is 2.56 bits per heavy atom. The fourth-order valence-electron chi connectivity index (χ4n) is 3.48. The number of hydrogen-bond acceptors (Lipinski definition) is 4. The largest absolute Gasteiger partial charge is 0.353 e. The Balaban J connectivity index is 1.56. The van der Waals surface area contributed by atoms with Crippen molar-refractivity contribution in [3.63, 3.8) is 0 Å². The topological polar surface area (TPSA) is 59.8 Å². The molecule has 0 spiro atoms. The first-order valence-corrected chi connectivity index (χ1v) is 11.1. The summed E-state index contributed by atoms with van der Waals surface area (Å²) in [6, 6.07) is 8.12. The van der Waals surface area contributed by atoms with Crippen LogP contribution < -0.4 is 5.32 Å². The molecule has 3 rings (SSSR count). The van der Waals surface area contributed by atoms with Crippen LogP contribution >= 0.6 is 23.4 Å². The van der Waals surface area contributed by atoms with E-state index in [-0.39, 0.29) is 5.91 Å². The van der Waals surface area contributed by atoms with Crippen molar-refractivity contribution in [3.05, 3.63) is 40.7 Å². The van der Waals surface area contributed by atoms with Crippen LogP contribution in [0.3, 0.4) is 0 Å². The van der Waals surface area contributed by atoms with Crippen LogP contribution in [0.25, 0.3) is 0 Å². The van der Waals surface area contributed by atoms with E-state index in [1.165, 1.54) is 37.4 Å². The number of nitrogens with zero attached hydrogens (tertiary/aromatic N) is 3. The van der Waals surface area contributed by atoms with Gasteiger partial charge in [-0.05, 0) is 37.5 Å². The molecular formula is C20H27ClN4OS. The second-order valence-corrected chi connectivity index (χ2v) is 8.37. The number of amides is 1. The molecule has 0 bridgehead atoms. The smallest absolute Gasteiger partial charge is 0.230 e. The highest BCUT2D eigenvalue weighted by Gasteiger charge is 2.17. The number of aromatic nitrogens is 3. The maximum Gasteiger partial charge on any atom is 0.230 e. The molecule has 2 aromatic rings. The van der Waals surface area contributed by atoms with Crippen molar-refractivity contribution in [1.82, 2.24) is 20.1 Å². The Kier molecular flexibility index (Phi) is 7.59. The first-order chi connectivity index (χ1) is 13.2. The normalized spacial score (nSPS) is 15.5. The molecule has 27 heavy (non-hydrogen) atoms. The van der Waals surface area contributed by atoms with Crippen molar-refractivity contribution in [2.24, 2.45) is 0 Å². The quantitative estimate of drug-likeness (QED) is 0.544. The van der Waals surface area contributed by atoms with E-state index in [1.807, 2.05) is 24.3 Å². The number of nitrogens with one attached hydrogen (secondary N) is 1. The number of halogens is 1. The molecule has 146 valence electrons. The van der Waals surface area contributed by atoms with E-state index in [0.29, 0.717) is 18.2 Å². The number of thioether (sulfide) groups is 1. The average Bonchev–Trinajstić information content (AvgIpc) is 2.86. The Bertz CT molecular complexity index is 739. The summed E-state index contributed by atoms with van der Waals surface area (Å²) >= 11 is 7.42. The van der Waals surface area contributed by atoms with Crippen molar-refractivity contribution in [2.45, 2.75) is 69.6 Å². The SMILES string of the molecule is CCn1c(Cc2ccc(Cl)cc2)nnc1SCC(=O)NC1CCCCCC1. The fraction of sp³-hybridized carbons (Fsp3) is 0.550. The van der Waals surface area contributed by atoms with Crippen LogP contribution in [-0.4, -0.2) is 32.5 Å². The number of hydrogen-bond donors (Lipinski definition) is 1. The molecular weight excluding hydrogens is 380 g/mol. The lowest BCUT2D eigenvalue weighted by Crippen LogP contribution is -2.35. The lowest BCUT2D eigenvalue weighted by Gasteiger charge is -2.16. The molecule has 0 unspecified atom stereocenters. The molecule has 5 nitrogen and oxygen atoms in total. The maximum atomic E-state index is 12.3. The zero-order valence-corrected chi connectivity index (χ0v) is 17.4. The lowest BCUT2D eigenvalue weighted by molar-refractivity contribution is -0.119. The maximum absolute atomic E-state index is 12.3. The van der Waals surface area contributed by atoms with E-state index in [9.17, 15) is 4.79 Å². The van der Waals surface area contributed by atoms with Crippen LogP contribution in [0.4, 0.5) is 0 Å². The second kappa shape index (κ2) is 10.1. The van der Waals surface area contributed by atoms with Gasteiger partial charge in [0.05, 0.1) is 5.75 Å². The van der Waals surface area contributed by atoms with Gasteiger partial charge in [-0.25, -0.2) is 0 Å². The predicted molar refractivity (Wildman–Crippen MR) is 110 cm³/mol. The highest BCUT2D eigenvalue weighted by atomic mass is 35.5. The number of carbonyl (C=O) groups excluding carboxylic acids is 1. The van der Waals surface area contributed by atoms with Gasteiger partial charge < -0.3 is 9.88 Å². The first-order valence-electron chi connectivity index (χ1n) is 9.74. The van der Waals surface area contributed by atoms with Gasteiger partial charge in [-0.15, -0.1) is 10.2 Å². The van der Waals surface area contributed by atoms with Gasteiger partial charge in [0.1, 0.15) is 5.82 Å². The molecule has 1 saturated carbocycles. The van der Waals surface area contributed by atoms with Gasteiger partial charge in [-0.3, -0.25) is 4.79 Å². The molecule has 1 aliphatic carbocycles. The summed E-state index contributed by atoms with van der Waals surface area (Å²) in [6.45, 7) is 2.85.